The predicted octanol–water partition coefficient (Wildman–Crippen LogP) is 1.83. The maximum absolute atomic E-state index is 6.24. The van der Waals surface area contributed by atoms with Crippen LogP contribution >= 0.6 is 0 Å². The number of hydrogen-bond donors (Lipinski definition) is 1. The number of nitrogens with two attached hydrogens (primary N) is 1. The lowest BCUT2D eigenvalue weighted by molar-refractivity contribution is 0.209. The van der Waals surface area contributed by atoms with Gasteiger partial charge in [0.15, 0.2) is 0 Å². The molecule has 1 aliphatic rings. The molecule has 1 heterocycles. The lowest BCUT2D eigenvalue weighted by atomic mass is 10.0. The highest BCUT2D eigenvalue weighted by Gasteiger charge is 2.14. The molecule has 0 bridgehead atoms. The van der Waals surface area contributed by atoms with Gasteiger partial charge < -0.3 is 10.5 Å². The Labute approximate surface area is 116 Å². The molecule has 1 atom stereocenters. The van der Waals surface area contributed by atoms with Crippen molar-refractivity contribution < 1.29 is 4.74 Å². The molecule has 0 saturated heterocycles. The molecule has 0 aliphatic carbocycles. The van der Waals surface area contributed by atoms with E-state index in [1.165, 1.54) is 11.1 Å². The Kier molecular flexibility index (Phi) is 5.58. The summed E-state index contributed by atoms with van der Waals surface area (Å²) < 4.78 is 5.17. The van der Waals surface area contributed by atoms with Gasteiger partial charge in [0, 0.05) is 32.8 Å². The lowest BCUT2D eigenvalue weighted by Gasteiger charge is -2.28. The van der Waals surface area contributed by atoms with Gasteiger partial charge in [0.1, 0.15) is 0 Å². The summed E-state index contributed by atoms with van der Waals surface area (Å²) >= 11 is 0. The number of rotatable bonds is 6. The first-order chi connectivity index (χ1) is 9.28. The van der Waals surface area contributed by atoms with Gasteiger partial charge in [-0.3, -0.25) is 4.90 Å². The Hall–Kier alpha value is -1.16. The molecule has 3 heteroatoms. The molecule has 0 amide bonds. The van der Waals surface area contributed by atoms with Crippen molar-refractivity contribution in [3.05, 3.63) is 47.5 Å². The summed E-state index contributed by atoms with van der Waals surface area (Å²) in [7, 11) is 1.75. The van der Waals surface area contributed by atoms with E-state index in [0.717, 1.165) is 39.1 Å². The summed E-state index contributed by atoms with van der Waals surface area (Å²) in [5.41, 5.74) is 8.98. The fourth-order valence-electron chi connectivity index (χ4n) is 2.55. The van der Waals surface area contributed by atoms with E-state index in [9.17, 15) is 0 Å². The van der Waals surface area contributed by atoms with Crippen LogP contribution in [0.2, 0.25) is 0 Å². The number of benzene rings is 1. The highest BCUT2D eigenvalue weighted by Crippen LogP contribution is 2.12. The van der Waals surface area contributed by atoms with E-state index in [1.807, 2.05) is 6.07 Å². The first-order valence-electron chi connectivity index (χ1n) is 6.96. The topological polar surface area (TPSA) is 38.5 Å². The van der Waals surface area contributed by atoms with Crippen molar-refractivity contribution in [2.24, 2.45) is 5.73 Å². The minimum Gasteiger partial charge on any atom is -0.380 e. The van der Waals surface area contributed by atoms with Gasteiger partial charge in [0.2, 0.25) is 0 Å². The third-order valence-corrected chi connectivity index (χ3v) is 3.55. The van der Waals surface area contributed by atoms with Crippen LogP contribution in [0.3, 0.4) is 0 Å². The highest BCUT2D eigenvalue weighted by molar-refractivity contribution is 5.16. The van der Waals surface area contributed by atoms with Crippen molar-refractivity contribution >= 4 is 0 Å². The SMILES string of the molecule is COCC1=CCN(CC(N)Cc2ccccc2)CC1. The van der Waals surface area contributed by atoms with Gasteiger partial charge in [-0.25, -0.2) is 0 Å². The van der Waals surface area contributed by atoms with E-state index in [1.54, 1.807) is 7.11 Å². The highest BCUT2D eigenvalue weighted by atomic mass is 16.5. The number of ether oxygens (including phenoxy) is 1. The molecule has 19 heavy (non-hydrogen) atoms. The second kappa shape index (κ2) is 7.43. The van der Waals surface area contributed by atoms with E-state index in [2.05, 4.69) is 35.2 Å². The molecule has 2 rings (SSSR count). The van der Waals surface area contributed by atoms with Gasteiger partial charge in [-0.05, 0) is 24.0 Å². The molecule has 104 valence electrons. The van der Waals surface area contributed by atoms with Gasteiger partial charge in [-0.15, -0.1) is 0 Å². The van der Waals surface area contributed by atoms with Crippen molar-refractivity contribution in [2.75, 3.05) is 33.4 Å². The number of nitrogens with zero attached hydrogens (tertiary/aromatic N) is 1. The quantitative estimate of drug-likeness (QED) is 0.793. The van der Waals surface area contributed by atoms with Crippen LogP contribution in [0.15, 0.2) is 42.0 Å². The van der Waals surface area contributed by atoms with Crippen molar-refractivity contribution in [3.63, 3.8) is 0 Å². The molecule has 1 unspecified atom stereocenters. The van der Waals surface area contributed by atoms with Crippen LogP contribution in [-0.4, -0.2) is 44.3 Å². The van der Waals surface area contributed by atoms with Gasteiger partial charge in [0.25, 0.3) is 0 Å². The largest absolute Gasteiger partial charge is 0.380 e. The first-order valence-corrected chi connectivity index (χ1v) is 6.96. The molecule has 2 N–H and O–H groups in total. The second-order valence-corrected chi connectivity index (χ2v) is 5.25. The van der Waals surface area contributed by atoms with Crippen LogP contribution in [0.4, 0.5) is 0 Å². The van der Waals surface area contributed by atoms with Gasteiger partial charge >= 0.3 is 0 Å². The summed E-state index contributed by atoms with van der Waals surface area (Å²) in [5.74, 6) is 0. The fraction of sp³-hybridized carbons (Fsp3) is 0.500. The third-order valence-electron chi connectivity index (χ3n) is 3.55. The molecule has 3 nitrogen and oxygen atoms in total. The molecular formula is C16H24N2O. The molecule has 1 aliphatic heterocycles. The first kappa shape index (κ1) is 14.3. The molecular weight excluding hydrogens is 236 g/mol. The summed E-state index contributed by atoms with van der Waals surface area (Å²) in [6.07, 6.45) is 4.33. The zero-order valence-electron chi connectivity index (χ0n) is 11.7. The van der Waals surface area contributed by atoms with E-state index >= 15 is 0 Å². The maximum Gasteiger partial charge on any atom is 0.0673 e. The van der Waals surface area contributed by atoms with Crippen molar-refractivity contribution in [2.45, 2.75) is 18.9 Å². The summed E-state index contributed by atoms with van der Waals surface area (Å²) in [5, 5.41) is 0. The Bertz CT molecular complexity index is 402. The molecule has 0 saturated carbocycles. The van der Waals surface area contributed by atoms with Gasteiger partial charge in [-0.1, -0.05) is 36.4 Å². The number of hydrogen-bond acceptors (Lipinski definition) is 3. The summed E-state index contributed by atoms with van der Waals surface area (Å²) in [4.78, 5) is 2.42. The van der Waals surface area contributed by atoms with Crippen molar-refractivity contribution in [1.82, 2.24) is 4.90 Å². The smallest absolute Gasteiger partial charge is 0.0673 e. The predicted molar refractivity (Wildman–Crippen MR) is 79.1 cm³/mol. The monoisotopic (exact) mass is 260 g/mol. The fourth-order valence-corrected chi connectivity index (χ4v) is 2.55. The molecule has 0 radical (unpaired) electrons. The minimum absolute atomic E-state index is 0.208. The van der Waals surface area contributed by atoms with E-state index in [0.29, 0.717) is 0 Å². The molecule has 0 spiro atoms. The maximum atomic E-state index is 6.24. The average molecular weight is 260 g/mol. The molecule has 1 aromatic rings. The van der Waals surface area contributed by atoms with Crippen LogP contribution in [0.1, 0.15) is 12.0 Å². The number of methoxy groups -OCH3 is 1. The van der Waals surface area contributed by atoms with Crippen LogP contribution in [0.5, 0.6) is 0 Å². The minimum atomic E-state index is 0.208. The summed E-state index contributed by atoms with van der Waals surface area (Å²) in [6, 6.07) is 10.7. The Morgan fingerprint density at radius 3 is 2.74 bits per heavy atom. The van der Waals surface area contributed by atoms with Gasteiger partial charge in [-0.2, -0.15) is 0 Å². The van der Waals surface area contributed by atoms with Crippen LogP contribution in [0.25, 0.3) is 0 Å². The van der Waals surface area contributed by atoms with Gasteiger partial charge in [0.05, 0.1) is 6.61 Å². The second-order valence-electron chi connectivity index (χ2n) is 5.25. The Balaban J connectivity index is 1.76. The lowest BCUT2D eigenvalue weighted by Crippen LogP contribution is -2.41. The van der Waals surface area contributed by atoms with Crippen molar-refractivity contribution in [3.8, 4) is 0 Å². The van der Waals surface area contributed by atoms with E-state index in [-0.39, 0.29) is 6.04 Å². The van der Waals surface area contributed by atoms with Crippen molar-refractivity contribution in [1.29, 1.82) is 0 Å². The Morgan fingerprint density at radius 1 is 1.32 bits per heavy atom. The molecule has 1 aromatic carbocycles. The van der Waals surface area contributed by atoms with E-state index in [4.69, 9.17) is 10.5 Å². The third kappa shape index (κ3) is 4.78. The normalized spacial score (nSPS) is 18.1. The van der Waals surface area contributed by atoms with Crippen LogP contribution < -0.4 is 5.73 Å². The molecule has 0 fully saturated rings. The van der Waals surface area contributed by atoms with E-state index < -0.39 is 0 Å². The zero-order chi connectivity index (χ0) is 13.5. The standard InChI is InChI=1S/C16H24N2O/c1-19-13-15-7-9-18(10-8-15)12-16(17)11-14-5-3-2-4-6-14/h2-7,16H,8-13,17H2,1H3. The van der Waals surface area contributed by atoms with Crippen LogP contribution in [-0.2, 0) is 11.2 Å². The summed E-state index contributed by atoms with van der Waals surface area (Å²) in [6.45, 7) is 3.83. The Morgan fingerprint density at radius 2 is 2.11 bits per heavy atom. The average Bonchev–Trinajstić information content (AvgIpc) is 2.42. The molecule has 0 aromatic heterocycles. The van der Waals surface area contributed by atoms with Crippen LogP contribution in [0, 0.1) is 0 Å². The zero-order valence-corrected chi connectivity index (χ0v) is 11.7.